The van der Waals surface area contributed by atoms with Gasteiger partial charge in [-0.1, -0.05) is 19.8 Å². The van der Waals surface area contributed by atoms with Crippen molar-refractivity contribution >= 4 is 11.6 Å². The van der Waals surface area contributed by atoms with Crippen LogP contribution in [0.15, 0.2) is 18.2 Å². The first-order valence-corrected chi connectivity index (χ1v) is 8.25. The molecule has 3 heteroatoms. The summed E-state index contributed by atoms with van der Waals surface area (Å²) in [5.41, 5.74) is 3.00. The SMILES string of the molecule is CCNc1ccc(C(=O)NC2CCCC(C)CC2)cc1C. The number of anilines is 1. The highest BCUT2D eigenvalue weighted by Gasteiger charge is 2.18. The molecule has 0 bridgehead atoms. The quantitative estimate of drug-likeness (QED) is 0.818. The zero-order chi connectivity index (χ0) is 15.2. The zero-order valence-electron chi connectivity index (χ0n) is 13.5. The maximum absolute atomic E-state index is 12.4. The Morgan fingerprint density at radius 3 is 2.76 bits per heavy atom. The smallest absolute Gasteiger partial charge is 0.251 e. The van der Waals surface area contributed by atoms with Crippen LogP contribution in [-0.2, 0) is 0 Å². The molecule has 1 aromatic rings. The third kappa shape index (κ3) is 4.48. The predicted molar refractivity (Wildman–Crippen MR) is 88.8 cm³/mol. The largest absolute Gasteiger partial charge is 0.385 e. The summed E-state index contributed by atoms with van der Waals surface area (Å²) in [5, 5.41) is 6.52. The van der Waals surface area contributed by atoms with Gasteiger partial charge in [0.25, 0.3) is 5.91 Å². The van der Waals surface area contributed by atoms with Crippen molar-refractivity contribution in [3.8, 4) is 0 Å². The summed E-state index contributed by atoms with van der Waals surface area (Å²) in [6.45, 7) is 7.33. The number of nitrogens with one attached hydrogen (secondary N) is 2. The van der Waals surface area contributed by atoms with E-state index in [2.05, 4.69) is 24.5 Å². The van der Waals surface area contributed by atoms with Gasteiger partial charge in [0.1, 0.15) is 0 Å². The lowest BCUT2D eigenvalue weighted by molar-refractivity contribution is 0.0933. The first-order chi connectivity index (χ1) is 10.1. The molecular formula is C18H28N2O. The van der Waals surface area contributed by atoms with E-state index in [1.165, 1.54) is 19.3 Å². The van der Waals surface area contributed by atoms with E-state index in [0.717, 1.165) is 42.1 Å². The van der Waals surface area contributed by atoms with E-state index in [-0.39, 0.29) is 5.91 Å². The van der Waals surface area contributed by atoms with Crippen LogP contribution in [0.1, 0.15) is 61.9 Å². The van der Waals surface area contributed by atoms with Gasteiger partial charge in [-0.15, -0.1) is 0 Å². The van der Waals surface area contributed by atoms with Crippen molar-refractivity contribution in [3.05, 3.63) is 29.3 Å². The average molecular weight is 288 g/mol. The van der Waals surface area contributed by atoms with Gasteiger partial charge in [-0.3, -0.25) is 4.79 Å². The lowest BCUT2D eigenvalue weighted by atomic mass is 10.0. The minimum atomic E-state index is 0.0701. The van der Waals surface area contributed by atoms with E-state index < -0.39 is 0 Å². The van der Waals surface area contributed by atoms with Crippen LogP contribution < -0.4 is 10.6 Å². The number of carbonyl (C=O) groups is 1. The Morgan fingerprint density at radius 1 is 1.24 bits per heavy atom. The summed E-state index contributed by atoms with van der Waals surface area (Å²) in [6, 6.07) is 6.24. The molecule has 1 fully saturated rings. The van der Waals surface area contributed by atoms with E-state index in [9.17, 15) is 4.79 Å². The Labute approximate surface area is 128 Å². The molecule has 0 aliphatic heterocycles. The van der Waals surface area contributed by atoms with Crippen molar-refractivity contribution in [2.45, 2.75) is 58.9 Å². The first kappa shape index (κ1) is 15.9. The molecule has 2 atom stereocenters. The van der Waals surface area contributed by atoms with Gasteiger partial charge in [0.05, 0.1) is 0 Å². The van der Waals surface area contributed by atoms with Crippen LogP contribution >= 0.6 is 0 Å². The Kier molecular flexibility index (Phi) is 5.66. The van der Waals surface area contributed by atoms with E-state index in [1.54, 1.807) is 0 Å². The molecule has 0 aromatic heterocycles. The monoisotopic (exact) mass is 288 g/mol. The molecule has 116 valence electrons. The highest BCUT2D eigenvalue weighted by molar-refractivity contribution is 5.95. The third-order valence-corrected chi connectivity index (χ3v) is 4.45. The second-order valence-corrected chi connectivity index (χ2v) is 6.34. The van der Waals surface area contributed by atoms with Crippen molar-refractivity contribution in [2.24, 2.45) is 5.92 Å². The van der Waals surface area contributed by atoms with Crippen LogP contribution in [0.5, 0.6) is 0 Å². The van der Waals surface area contributed by atoms with Crippen LogP contribution in [0.25, 0.3) is 0 Å². The number of aryl methyl sites for hydroxylation is 1. The molecule has 0 saturated heterocycles. The molecule has 0 heterocycles. The van der Waals surface area contributed by atoms with Crippen molar-refractivity contribution in [2.75, 3.05) is 11.9 Å². The Bertz CT molecular complexity index is 484. The van der Waals surface area contributed by atoms with Crippen LogP contribution in [0.3, 0.4) is 0 Å². The van der Waals surface area contributed by atoms with Crippen LogP contribution in [0.4, 0.5) is 5.69 Å². The summed E-state index contributed by atoms with van der Waals surface area (Å²) < 4.78 is 0. The molecule has 2 N–H and O–H groups in total. The third-order valence-electron chi connectivity index (χ3n) is 4.45. The second kappa shape index (κ2) is 7.48. The van der Waals surface area contributed by atoms with Crippen molar-refractivity contribution in [3.63, 3.8) is 0 Å². The predicted octanol–water partition coefficient (Wildman–Crippen LogP) is 4.13. The lowest BCUT2D eigenvalue weighted by Gasteiger charge is -2.17. The van der Waals surface area contributed by atoms with Gasteiger partial charge in [-0.25, -0.2) is 0 Å². The summed E-state index contributed by atoms with van der Waals surface area (Å²) in [5.74, 6) is 0.870. The van der Waals surface area contributed by atoms with E-state index in [1.807, 2.05) is 25.1 Å². The van der Waals surface area contributed by atoms with E-state index in [4.69, 9.17) is 0 Å². The number of rotatable bonds is 4. The number of amides is 1. The van der Waals surface area contributed by atoms with Gasteiger partial charge in [-0.05, 0) is 62.8 Å². The van der Waals surface area contributed by atoms with Gasteiger partial charge in [0, 0.05) is 23.8 Å². The molecule has 0 spiro atoms. The fourth-order valence-corrected chi connectivity index (χ4v) is 3.09. The van der Waals surface area contributed by atoms with Crippen molar-refractivity contribution in [1.82, 2.24) is 5.32 Å². The standard InChI is InChI=1S/C18H28N2O/c1-4-19-17-11-9-15(12-14(17)3)18(21)20-16-7-5-6-13(2)8-10-16/h9,11-13,16,19H,4-8,10H2,1-3H3,(H,20,21). The molecule has 1 aromatic carbocycles. The summed E-state index contributed by atoms with van der Waals surface area (Å²) in [4.78, 5) is 12.4. The van der Waals surface area contributed by atoms with Gasteiger partial charge < -0.3 is 10.6 Å². The molecule has 0 radical (unpaired) electrons. The molecule has 3 nitrogen and oxygen atoms in total. The lowest BCUT2D eigenvalue weighted by Crippen LogP contribution is -2.34. The topological polar surface area (TPSA) is 41.1 Å². The Morgan fingerprint density at radius 2 is 2.05 bits per heavy atom. The number of hydrogen-bond acceptors (Lipinski definition) is 2. The van der Waals surface area contributed by atoms with E-state index >= 15 is 0 Å². The van der Waals surface area contributed by atoms with Gasteiger partial charge in [-0.2, -0.15) is 0 Å². The normalized spacial score (nSPS) is 22.4. The molecule has 1 aliphatic rings. The molecule has 1 saturated carbocycles. The highest BCUT2D eigenvalue weighted by Crippen LogP contribution is 2.23. The second-order valence-electron chi connectivity index (χ2n) is 6.34. The Balaban J connectivity index is 1.98. The van der Waals surface area contributed by atoms with Gasteiger partial charge in [0.15, 0.2) is 0 Å². The molecule has 2 unspecified atom stereocenters. The number of benzene rings is 1. The highest BCUT2D eigenvalue weighted by atomic mass is 16.1. The van der Waals surface area contributed by atoms with E-state index in [0.29, 0.717) is 6.04 Å². The fourth-order valence-electron chi connectivity index (χ4n) is 3.09. The van der Waals surface area contributed by atoms with Crippen molar-refractivity contribution in [1.29, 1.82) is 0 Å². The fraction of sp³-hybridized carbons (Fsp3) is 0.611. The summed E-state index contributed by atoms with van der Waals surface area (Å²) in [6.07, 6.45) is 5.97. The molecule has 21 heavy (non-hydrogen) atoms. The van der Waals surface area contributed by atoms with Crippen LogP contribution in [0.2, 0.25) is 0 Å². The van der Waals surface area contributed by atoms with Gasteiger partial charge in [0.2, 0.25) is 0 Å². The van der Waals surface area contributed by atoms with Crippen molar-refractivity contribution < 1.29 is 4.79 Å². The number of hydrogen-bond donors (Lipinski definition) is 2. The maximum Gasteiger partial charge on any atom is 0.251 e. The minimum Gasteiger partial charge on any atom is -0.385 e. The van der Waals surface area contributed by atoms with Crippen LogP contribution in [0, 0.1) is 12.8 Å². The summed E-state index contributed by atoms with van der Waals surface area (Å²) >= 11 is 0. The minimum absolute atomic E-state index is 0.0701. The zero-order valence-corrected chi connectivity index (χ0v) is 13.5. The van der Waals surface area contributed by atoms with Gasteiger partial charge >= 0.3 is 0 Å². The maximum atomic E-state index is 12.4. The summed E-state index contributed by atoms with van der Waals surface area (Å²) in [7, 11) is 0. The molecule has 2 rings (SSSR count). The number of carbonyl (C=O) groups excluding carboxylic acids is 1. The molecular weight excluding hydrogens is 260 g/mol. The molecule has 1 amide bonds. The first-order valence-electron chi connectivity index (χ1n) is 8.25. The van der Waals surface area contributed by atoms with Crippen LogP contribution in [-0.4, -0.2) is 18.5 Å². The average Bonchev–Trinajstić information content (AvgIpc) is 2.66. The Hall–Kier alpha value is -1.51. The molecule has 1 aliphatic carbocycles.